The third-order valence-corrected chi connectivity index (χ3v) is 4.75. The van der Waals surface area contributed by atoms with Crippen molar-refractivity contribution in [1.29, 1.82) is 0 Å². The second-order valence-corrected chi connectivity index (χ2v) is 7.14. The summed E-state index contributed by atoms with van der Waals surface area (Å²) in [4.78, 5) is 25.2. The van der Waals surface area contributed by atoms with Crippen LogP contribution in [0.3, 0.4) is 0 Å². The molecule has 1 aliphatic carbocycles. The highest BCUT2D eigenvalue weighted by atomic mass is 16.5. The Balaban J connectivity index is 1.44. The number of benzene rings is 2. The molecule has 0 spiro atoms. The van der Waals surface area contributed by atoms with Crippen LogP contribution in [0.5, 0.6) is 11.8 Å². The smallest absolute Gasteiger partial charge is 0.321 e. The number of methoxy groups -OCH3 is 1. The predicted octanol–water partition coefficient (Wildman–Crippen LogP) is 2.80. The number of aromatic hydroxyl groups is 1. The number of phenolic OH excluding ortho intramolecular Hbond substituents is 1. The lowest BCUT2D eigenvalue weighted by Crippen LogP contribution is -2.25. The van der Waals surface area contributed by atoms with Gasteiger partial charge in [0, 0.05) is 23.7 Å². The minimum Gasteiger partial charge on any atom is -0.508 e. The molecule has 0 aliphatic heterocycles. The maximum absolute atomic E-state index is 12.2. The molecular weight excluding hydrogens is 382 g/mol. The Morgan fingerprint density at radius 3 is 2.47 bits per heavy atom. The third-order valence-electron chi connectivity index (χ3n) is 4.75. The van der Waals surface area contributed by atoms with Gasteiger partial charge in [0.25, 0.3) is 5.91 Å². The van der Waals surface area contributed by atoms with Gasteiger partial charge in [0.2, 0.25) is 5.95 Å². The van der Waals surface area contributed by atoms with Gasteiger partial charge in [-0.3, -0.25) is 4.79 Å². The quantitative estimate of drug-likeness (QED) is 0.529. The van der Waals surface area contributed by atoms with E-state index < -0.39 is 0 Å². The van der Waals surface area contributed by atoms with Crippen LogP contribution in [0.1, 0.15) is 28.8 Å². The van der Waals surface area contributed by atoms with Crippen molar-refractivity contribution in [2.24, 2.45) is 0 Å². The van der Waals surface area contributed by atoms with Crippen molar-refractivity contribution in [1.82, 2.24) is 20.3 Å². The molecule has 154 valence electrons. The van der Waals surface area contributed by atoms with Crippen LogP contribution in [0, 0.1) is 0 Å². The number of amides is 1. The number of hydrogen-bond acceptors (Lipinski definition) is 7. The van der Waals surface area contributed by atoms with Gasteiger partial charge in [-0.1, -0.05) is 24.3 Å². The molecular formula is C22H23N5O3. The van der Waals surface area contributed by atoms with E-state index in [0.717, 1.165) is 30.4 Å². The first-order valence-electron chi connectivity index (χ1n) is 9.84. The summed E-state index contributed by atoms with van der Waals surface area (Å²) in [6, 6.07) is 14.8. The Hall–Kier alpha value is -3.68. The van der Waals surface area contributed by atoms with Crippen molar-refractivity contribution in [2.45, 2.75) is 25.3 Å². The fourth-order valence-corrected chi connectivity index (χ4v) is 2.90. The molecule has 8 heteroatoms. The van der Waals surface area contributed by atoms with E-state index in [4.69, 9.17) is 4.74 Å². The van der Waals surface area contributed by atoms with Crippen LogP contribution in [0.25, 0.3) is 11.4 Å². The number of ether oxygens (including phenoxy) is 1. The first kappa shape index (κ1) is 19.6. The predicted molar refractivity (Wildman–Crippen MR) is 113 cm³/mol. The number of phenols is 1. The van der Waals surface area contributed by atoms with Gasteiger partial charge in [-0.2, -0.15) is 15.0 Å². The Kier molecular flexibility index (Phi) is 5.74. The van der Waals surface area contributed by atoms with Crippen molar-refractivity contribution < 1.29 is 14.6 Å². The average molecular weight is 405 g/mol. The lowest BCUT2D eigenvalue weighted by molar-refractivity contribution is 0.0951. The number of anilines is 1. The molecule has 1 saturated carbocycles. The Morgan fingerprint density at radius 2 is 1.80 bits per heavy atom. The molecule has 3 aromatic rings. The normalized spacial score (nSPS) is 13.0. The highest BCUT2D eigenvalue weighted by molar-refractivity contribution is 5.95. The van der Waals surface area contributed by atoms with Gasteiger partial charge in [0.15, 0.2) is 5.82 Å². The summed E-state index contributed by atoms with van der Waals surface area (Å²) in [5.74, 6) is 1.05. The lowest BCUT2D eigenvalue weighted by Gasteiger charge is -2.09. The molecule has 2 aromatic carbocycles. The summed E-state index contributed by atoms with van der Waals surface area (Å²) in [5, 5.41) is 15.5. The van der Waals surface area contributed by atoms with Crippen LogP contribution in [0.4, 0.5) is 5.95 Å². The van der Waals surface area contributed by atoms with Crippen molar-refractivity contribution in [3.8, 4) is 23.1 Å². The van der Waals surface area contributed by atoms with Crippen LogP contribution >= 0.6 is 0 Å². The molecule has 30 heavy (non-hydrogen) atoms. The summed E-state index contributed by atoms with van der Waals surface area (Å²) in [6.07, 6.45) is 2.85. The minimum atomic E-state index is -0.0612. The van der Waals surface area contributed by atoms with E-state index >= 15 is 0 Å². The van der Waals surface area contributed by atoms with Gasteiger partial charge in [0.05, 0.1) is 7.11 Å². The number of carbonyl (C=O) groups excluding carboxylic acids is 1. The topological polar surface area (TPSA) is 109 Å². The van der Waals surface area contributed by atoms with Gasteiger partial charge < -0.3 is 20.5 Å². The number of aromatic nitrogens is 3. The van der Waals surface area contributed by atoms with E-state index in [1.807, 2.05) is 24.3 Å². The van der Waals surface area contributed by atoms with E-state index in [0.29, 0.717) is 29.9 Å². The molecule has 0 atom stereocenters. The summed E-state index contributed by atoms with van der Waals surface area (Å²) in [6.45, 7) is 0.609. The van der Waals surface area contributed by atoms with Crippen LogP contribution in [-0.4, -0.2) is 45.7 Å². The molecule has 0 radical (unpaired) electrons. The first-order chi connectivity index (χ1) is 14.6. The number of nitrogens with one attached hydrogen (secondary N) is 2. The van der Waals surface area contributed by atoms with Crippen molar-refractivity contribution in [2.75, 3.05) is 19.0 Å². The van der Waals surface area contributed by atoms with Crippen LogP contribution in [0.2, 0.25) is 0 Å². The molecule has 3 N–H and O–H groups in total. The van der Waals surface area contributed by atoms with Crippen molar-refractivity contribution in [3.63, 3.8) is 0 Å². The molecule has 1 amide bonds. The van der Waals surface area contributed by atoms with E-state index in [1.54, 1.807) is 24.3 Å². The number of nitrogens with zero attached hydrogens (tertiary/aromatic N) is 3. The van der Waals surface area contributed by atoms with Gasteiger partial charge in [0.1, 0.15) is 5.75 Å². The van der Waals surface area contributed by atoms with Crippen LogP contribution in [0.15, 0.2) is 48.5 Å². The standard InChI is InChI=1S/C22H23N5O3/c1-30-22-26-19(15-4-6-16(7-5-15)20(29)24-17-8-9-17)25-21(27-22)23-13-12-14-2-10-18(28)11-3-14/h2-7,10-11,17,28H,8-9,12-13H2,1H3,(H,24,29)(H,23,25,26,27). The zero-order valence-electron chi connectivity index (χ0n) is 16.6. The number of carbonyl (C=O) groups is 1. The zero-order chi connectivity index (χ0) is 20.9. The molecule has 1 aromatic heterocycles. The average Bonchev–Trinajstić information content (AvgIpc) is 3.59. The largest absolute Gasteiger partial charge is 0.508 e. The van der Waals surface area contributed by atoms with Crippen molar-refractivity contribution in [3.05, 3.63) is 59.7 Å². The Morgan fingerprint density at radius 1 is 1.07 bits per heavy atom. The minimum absolute atomic E-state index is 0.0612. The molecule has 0 saturated heterocycles. The number of rotatable bonds is 8. The van der Waals surface area contributed by atoms with Crippen LogP contribution < -0.4 is 15.4 Å². The second-order valence-electron chi connectivity index (χ2n) is 7.14. The van der Waals surface area contributed by atoms with Crippen molar-refractivity contribution >= 4 is 11.9 Å². The third kappa shape index (κ3) is 5.02. The maximum Gasteiger partial charge on any atom is 0.321 e. The fourth-order valence-electron chi connectivity index (χ4n) is 2.90. The summed E-state index contributed by atoms with van der Waals surface area (Å²) in [5.41, 5.74) is 2.46. The molecule has 1 heterocycles. The van der Waals surface area contributed by atoms with Gasteiger partial charge in [-0.15, -0.1) is 0 Å². The molecule has 8 nitrogen and oxygen atoms in total. The van der Waals surface area contributed by atoms with E-state index in [2.05, 4.69) is 25.6 Å². The van der Waals surface area contributed by atoms with Gasteiger partial charge in [-0.25, -0.2) is 0 Å². The molecule has 4 rings (SSSR count). The van der Waals surface area contributed by atoms with E-state index in [1.165, 1.54) is 7.11 Å². The van der Waals surface area contributed by atoms with E-state index in [9.17, 15) is 9.90 Å². The van der Waals surface area contributed by atoms with E-state index in [-0.39, 0.29) is 17.7 Å². The maximum atomic E-state index is 12.2. The molecule has 1 aliphatic rings. The zero-order valence-corrected chi connectivity index (χ0v) is 16.6. The molecule has 1 fully saturated rings. The van der Waals surface area contributed by atoms with Gasteiger partial charge >= 0.3 is 6.01 Å². The Bertz CT molecular complexity index is 1020. The highest BCUT2D eigenvalue weighted by Gasteiger charge is 2.23. The summed E-state index contributed by atoms with van der Waals surface area (Å²) in [7, 11) is 1.50. The summed E-state index contributed by atoms with van der Waals surface area (Å²) >= 11 is 0. The SMILES string of the molecule is COc1nc(NCCc2ccc(O)cc2)nc(-c2ccc(C(=O)NC3CC3)cc2)n1. The first-order valence-corrected chi connectivity index (χ1v) is 9.84. The van der Waals surface area contributed by atoms with Gasteiger partial charge in [-0.05, 0) is 49.1 Å². The fraction of sp³-hybridized carbons (Fsp3) is 0.273. The molecule has 0 bridgehead atoms. The second kappa shape index (κ2) is 8.77. The Labute approximate surface area is 174 Å². The molecule has 0 unspecified atom stereocenters. The van der Waals surface area contributed by atoms with Crippen LogP contribution in [-0.2, 0) is 6.42 Å². The summed E-state index contributed by atoms with van der Waals surface area (Å²) < 4.78 is 5.21. The monoisotopic (exact) mass is 405 g/mol. The lowest BCUT2D eigenvalue weighted by atomic mass is 10.1. The highest BCUT2D eigenvalue weighted by Crippen LogP contribution is 2.22. The number of hydrogen-bond donors (Lipinski definition) is 3.